The van der Waals surface area contributed by atoms with Crippen LogP contribution in [0.2, 0.25) is 0 Å². The first-order chi connectivity index (χ1) is 13.0. The Hall–Kier alpha value is -3.02. The van der Waals surface area contributed by atoms with Gasteiger partial charge in [-0.25, -0.2) is 0 Å². The first-order valence-corrected chi connectivity index (χ1v) is 9.25. The number of nitrogens with one attached hydrogen (secondary N) is 2. The number of amides is 1. The van der Waals surface area contributed by atoms with Crippen molar-refractivity contribution in [2.45, 2.75) is 32.8 Å². The molecule has 1 aromatic carbocycles. The van der Waals surface area contributed by atoms with Crippen LogP contribution in [0.4, 0.5) is 0 Å². The summed E-state index contributed by atoms with van der Waals surface area (Å²) in [5.41, 5.74) is 3.03. The predicted octanol–water partition coefficient (Wildman–Crippen LogP) is 3.16. The van der Waals surface area contributed by atoms with Gasteiger partial charge in [0, 0.05) is 38.3 Å². The summed E-state index contributed by atoms with van der Waals surface area (Å²) in [6.07, 6.45) is 4.95. The van der Waals surface area contributed by atoms with Gasteiger partial charge in [0.05, 0.1) is 16.5 Å². The molecule has 1 aliphatic heterocycles. The summed E-state index contributed by atoms with van der Waals surface area (Å²) in [6.45, 7) is 5.18. The SMILES string of the molecule is Cc1ccc(OC2CCN(C(=O)c3c[nH]c4c(C)c[nH]c(=O)c34)CC2)cc1. The first-order valence-electron chi connectivity index (χ1n) is 9.25. The molecule has 3 heterocycles. The zero-order valence-corrected chi connectivity index (χ0v) is 15.5. The summed E-state index contributed by atoms with van der Waals surface area (Å²) in [7, 11) is 0. The monoisotopic (exact) mass is 365 g/mol. The van der Waals surface area contributed by atoms with Crippen molar-refractivity contribution in [3.05, 3.63) is 63.7 Å². The van der Waals surface area contributed by atoms with Crippen molar-refractivity contribution in [3.63, 3.8) is 0 Å². The number of aryl methyl sites for hydroxylation is 2. The maximum atomic E-state index is 13.0. The zero-order chi connectivity index (χ0) is 19.0. The number of fused-ring (bicyclic) bond motifs is 1. The number of H-pyrrole nitrogens is 2. The van der Waals surface area contributed by atoms with Crippen LogP contribution < -0.4 is 10.3 Å². The van der Waals surface area contributed by atoms with Crippen LogP contribution in [-0.2, 0) is 0 Å². The second-order valence-corrected chi connectivity index (χ2v) is 7.18. The van der Waals surface area contributed by atoms with Crippen LogP contribution in [0.25, 0.3) is 10.9 Å². The van der Waals surface area contributed by atoms with Crippen LogP contribution in [0.1, 0.15) is 34.3 Å². The van der Waals surface area contributed by atoms with E-state index in [1.807, 2.05) is 38.1 Å². The normalized spacial score (nSPS) is 15.3. The lowest BCUT2D eigenvalue weighted by atomic mass is 10.1. The van der Waals surface area contributed by atoms with Crippen molar-refractivity contribution >= 4 is 16.8 Å². The number of piperidine rings is 1. The standard InChI is InChI=1S/C21H23N3O3/c1-13-3-5-15(6-4-13)27-16-7-9-24(10-8-16)21(26)17-12-22-19-14(2)11-23-20(25)18(17)19/h3-6,11-12,16,22H,7-10H2,1-2H3,(H,23,25). The lowest BCUT2D eigenvalue weighted by Crippen LogP contribution is -2.41. The van der Waals surface area contributed by atoms with Crippen molar-refractivity contribution in [3.8, 4) is 5.75 Å². The number of nitrogens with zero attached hydrogens (tertiary/aromatic N) is 1. The average Bonchev–Trinajstić information content (AvgIpc) is 3.13. The van der Waals surface area contributed by atoms with Crippen LogP contribution in [0, 0.1) is 13.8 Å². The molecule has 2 aromatic heterocycles. The molecule has 0 bridgehead atoms. The van der Waals surface area contributed by atoms with E-state index in [1.54, 1.807) is 17.3 Å². The van der Waals surface area contributed by atoms with Crippen molar-refractivity contribution in [1.29, 1.82) is 0 Å². The maximum absolute atomic E-state index is 13.0. The van der Waals surface area contributed by atoms with Crippen LogP contribution in [0.5, 0.6) is 5.75 Å². The molecular formula is C21H23N3O3. The molecule has 1 amide bonds. The third-order valence-corrected chi connectivity index (χ3v) is 5.20. The number of pyridine rings is 1. The average molecular weight is 365 g/mol. The van der Waals surface area contributed by atoms with Crippen molar-refractivity contribution < 1.29 is 9.53 Å². The van der Waals surface area contributed by atoms with E-state index in [1.165, 1.54) is 5.56 Å². The molecular weight excluding hydrogens is 342 g/mol. The summed E-state index contributed by atoms with van der Waals surface area (Å²) in [4.78, 5) is 32.7. The Kier molecular flexibility index (Phi) is 4.48. The highest BCUT2D eigenvalue weighted by Crippen LogP contribution is 2.23. The number of carbonyl (C=O) groups is 1. The number of aromatic amines is 2. The minimum atomic E-state index is -0.238. The van der Waals surface area contributed by atoms with E-state index in [4.69, 9.17) is 4.74 Å². The number of rotatable bonds is 3. The van der Waals surface area contributed by atoms with E-state index in [0.717, 1.165) is 29.7 Å². The topological polar surface area (TPSA) is 78.2 Å². The minimum Gasteiger partial charge on any atom is -0.490 e. The molecule has 4 rings (SSSR count). The number of carbonyl (C=O) groups excluding carboxylic acids is 1. The Morgan fingerprint density at radius 3 is 2.48 bits per heavy atom. The molecule has 3 aromatic rings. The molecule has 27 heavy (non-hydrogen) atoms. The van der Waals surface area contributed by atoms with E-state index in [0.29, 0.717) is 24.0 Å². The minimum absolute atomic E-state index is 0.102. The largest absolute Gasteiger partial charge is 0.490 e. The van der Waals surface area contributed by atoms with Crippen LogP contribution in [0.15, 0.2) is 41.5 Å². The Morgan fingerprint density at radius 1 is 1.07 bits per heavy atom. The third kappa shape index (κ3) is 3.35. The van der Waals surface area contributed by atoms with Crippen molar-refractivity contribution in [1.82, 2.24) is 14.9 Å². The lowest BCUT2D eigenvalue weighted by molar-refractivity contribution is 0.0597. The van der Waals surface area contributed by atoms with E-state index < -0.39 is 0 Å². The molecule has 0 radical (unpaired) electrons. The van der Waals surface area contributed by atoms with E-state index >= 15 is 0 Å². The fourth-order valence-corrected chi connectivity index (χ4v) is 3.61. The first kappa shape index (κ1) is 17.4. The van der Waals surface area contributed by atoms with Crippen molar-refractivity contribution in [2.75, 3.05) is 13.1 Å². The number of likely N-dealkylation sites (tertiary alicyclic amines) is 1. The second kappa shape index (κ2) is 6.95. The predicted molar refractivity (Wildman–Crippen MR) is 104 cm³/mol. The van der Waals surface area contributed by atoms with Gasteiger partial charge < -0.3 is 19.6 Å². The summed E-state index contributed by atoms with van der Waals surface area (Å²) < 4.78 is 6.04. The third-order valence-electron chi connectivity index (χ3n) is 5.20. The molecule has 2 N–H and O–H groups in total. The highest BCUT2D eigenvalue weighted by atomic mass is 16.5. The maximum Gasteiger partial charge on any atom is 0.258 e. The Balaban J connectivity index is 1.45. The molecule has 0 atom stereocenters. The van der Waals surface area contributed by atoms with E-state index in [2.05, 4.69) is 9.97 Å². The molecule has 140 valence electrons. The molecule has 0 aliphatic carbocycles. The highest BCUT2D eigenvalue weighted by Gasteiger charge is 2.27. The fraction of sp³-hybridized carbons (Fsp3) is 0.333. The van der Waals surface area contributed by atoms with Gasteiger partial charge in [0.1, 0.15) is 11.9 Å². The Morgan fingerprint density at radius 2 is 1.78 bits per heavy atom. The summed E-state index contributed by atoms with van der Waals surface area (Å²) in [6, 6.07) is 8.02. The quantitative estimate of drug-likeness (QED) is 0.748. The number of hydrogen-bond donors (Lipinski definition) is 2. The van der Waals surface area contributed by atoms with Gasteiger partial charge in [-0.05, 0) is 31.5 Å². The Bertz CT molecular complexity index is 1030. The summed E-state index contributed by atoms with van der Waals surface area (Å²) >= 11 is 0. The van der Waals surface area contributed by atoms with Crippen LogP contribution in [0.3, 0.4) is 0 Å². The molecule has 1 saturated heterocycles. The fourth-order valence-electron chi connectivity index (χ4n) is 3.61. The molecule has 6 heteroatoms. The molecule has 0 saturated carbocycles. The molecule has 0 spiro atoms. The van der Waals surface area contributed by atoms with Gasteiger partial charge in [0.25, 0.3) is 11.5 Å². The zero-order valence-electron chi connectivity index (χ0n) is 15.5. The van der Waals surface area contributed by atoms with Gasteiger partial charge in [0.2, 0.25) is 0 Å². The van der Waals surface area contributed by atoms with Gasteiger partial charge in [0.15, 0.2) is 0 Å². The van der Waals surface area contributed by atoms with Crippen LogP contribution >= 0.6 is 0 Å². The van der Waals surface area contributed by atoms with Gasteiger partial charge in [-0.1, -0.05) is 17.7 Å². The number of ether oxygens (including phenoxy) is 1. The van der Waals surface area contributed by atoms with Crippen molar-refractivity contribution in [2.24, 2.45) is 0 Å². The van der Waals surface area contributed by atoms with Gasteiger partial charge in [-0.3, -0.25) is 9.59 Å². The van der Waals surface area contributed by atoms with Crippen LogP contribution in [-0.4, -0.2) is 40.0 Å². The number of hydrogen-bond acceptors (Lipinski definition) is 3. The molecule has 1 aliphatic rings. The van der Waals surface area contributed by atoms with Gasteiger partial charge in [-0.2, -0.15) is 0 Å². The van der Waals surface area contributed by atoms with E-state index in [9.17, 15) is 9.59 Å². The molecule has 6 nitrogen and oxygen atoms in total. The Labute approximate surface area is 157 Å². The number of benzene rings is 1. The van der Waals surface area contributed by atoms with E-state index in [-0.39, 0.29) is 17.6 Å². The van der Waals surface area contributed by atoms with Gasteiger partial charge in [-0.15, -0.1) is 0 Å². The smallest absolute Gasteiger partial charge is 0.258 e. The summed E-state index contributed by atoms with van der Waals surface area (Å²) in [5, 5.41) is 0.443. The number of aromatic nitrogens is 2. The molecule has 0 unspecified atom stereocenters. The highest BCUT2D eigenvalue weighted by molar-refractivity contribution is 6.07. The summed E-state index contributed by atoms with van der Waals surface area (Å²) in [5.74, 6) is 0.759. The lowest BCUT2D eigenvalue weighted by Gasteiger charge is -2.32. The van der Waals surface area contributed by atoms with Gasteiger partial charge >= 0.3 is 0 Å². The second-order valence-electron chi connectivity index (χ2n) is 7.18. The molecule has 1 fully saturated rings.